The van der Waals surface area contributed by atoms with Gasteiger partial charge in [-0.1, -0.05) is 72.0 Å². The number of anilines is 1. The topological polar surface area (TPSA) is 94.2 Å². The highest BCUT2D eigenvalue weighted by molar-refractivity contribution is 7.17. The number of rotatable bonds is 5. The standard InChI is InChI=1S/C25H22N6O2S/c1-4-30-23(33)20(22(32)26-24-27-25-31(29-24)15(2)16(3)34-25)19(17-11-7-5-8-12-17)21(28-30)18-13-9-6-10-14-18/h5-14H,4H2,1-3H3,(H,26,29,32). The first kappa shape index (κ1) is 21.7. The van der Waals surface area contributed by atoms with Gasteiger partial charge in [0.1, 0.15) is 5.56 Å². The summed E-state index contributed by atoms with van der Waals surface area (Å²) in [5.74, 6) is -0.419. The fourth-order valence-corrected chi connectivity index (χ4v) is 4.74. The van der Waals surface area contributed by atoms with E-state index in [1.54, 1.807) is 4.52 Å². The van der Waals surface area contributed by atoms with Gasteiger partial charge in [-0.25, -0.2) is 9.20 Å². The van der Waals surface area contributed by atoms with Crippen molar-refractivity contribution in [2.24, 2.45) is 0 Å². The van der Waals surface area contributed by atoms with Gasteiger partial charge in [0.2, 0.25) is 4.96 Å². The van der Waals surface area contributed by atoms with Gasteiger partial charge < -0.3 is 0 Å². The second-order valence-electron chi connectivity index (χ2n) is 7.78. The van der Waals surface area contributed by atoms with Crippen LogP contribution in [0.5, 0.6) is 0 Å². The Morgan fingerprint density at radius 3 is 2.24 bits per heavy atom. The fraction of sp³-hybridized carbons (Fsp3) is 0.160. The summed E-state index contributed by atoms with van der Waals surface area (Å²) < 4.78 is 3.01. The van der Waals surface area contributed by atoms with Crippen LogP contribution in [0.15, 0.2) is 65.5 Å². The molecule has 170 valence electrons. The van der Waals surface area contributed by atoms with Gasteiger partial charge in [-0.15, -0.1) is 5.10 Å². The third-order valence-electron chi connectivity index (χ3n) is 5.67. The number of thiazole rings is 1. The molecule has 0 spiro atoms. The van der Waals surface area contributed by atoms with Crippen LogP contribution in [-0.2, 0) is 6.54 Å². The van der Waals surface area contributed by atoms with Crippen LogP contribution in [0.3, 0.4) is 0 Å². The normalized spacial score (nSPS) is 11.1. The molecule has 1 amide bonds. The number of carbonyl (C=O) groups excluding carboxylic acids is 1. The molecule has 1 N–H and O–H groups in total. The predicted octanol–water partition coefficient (Wildman–Crippen LogP) is 4.57. The SMILES string of the molecule is CCn1nc(-c2ccccc2)c(-c2ccccc2)c(C(=O)Nc2nc3sc(C)c(C)n3n2)c1=O. The van der Waals surface area contributed by atoms with E-state index in [1.165, 1.54) is 16.0 Å². The average molecular weight is 471 g/mol. The van der Waals surface area contributed by atoms with Gasteiger partial charge in [-0.05, 0) is 26.3 Å². The summed E-state index contributed by atoms with van der Waals surface area (Å²) >= 11 is 1.49. The molecule has 2 aromatic carbocycles. The Balaban J connectivity index is 1.71. The zero-order valence-corrected chi connectivity index (χ0v) is 19.8. The zero-order chi connectivity index (χ0) is 23.8. The molecule has 0 saturated carbocycles. The number of aryl methyl sites for hydroxylation is 3. The molecule has 0 aliphatic rings. The van der Waals surface area contributed by atoms with E-state index >= 15 is 0 Å². The summed E-state index contributed by atoms with van der Waals surface area (Å²) in [6.07, 6.45) is 0. The van der Waals surface area contributed by atoms with Crippen molar-refractivity contribution in [3.05, 3.63) is 87.2 Å². The fourth-order valence-electron chi connectivity index (χ4n) is 3.84. The van der Waals surface area contributed by atoms with Crippen LogP contribution in [0.1, 0.15) is 27.9 Å². The van der Waals surface area contributed by atoms with E-state index < -0.39 is 11.5 Å². The molecule has 0 aliphatic carbocycles. The number of amides is 1. The van der Waals surface area contributed by atoms with Gasteiger partial charge in [0.15, 0.2) is 0 Å². The Labute approximate surface area is 199 Å². The average Bonchev–Trinajstić information content (AvgIpc) is 3.36. The maximum atomic E-state index is 13.6. The maximum Gasteiger partial charge on any atom is 0.280 e. The highest BCUT2D eigenvalue weighted by Gasteiger charge is 2.26. The molecule has 0 fully saturated rings. The smallest absolute Gasteiger partial charge is 0.280 e. The summed E-state index contributed by atoms with van der Waals surface area (Å²) in [4.78, 5) is 33.2. The molecule has 0 bridgehead atoms. The highest BCUT2D eigenvalue weighted by Crippen LogP contribution is 2.32. The molecule has 0 unspecified atom stereocenters. The Kier molecular flexibility index (Phi) is 5.54. The van der Waals surface area contributed by atoms with Crippen LogP contribution in [-0.4, -0.2) is 30.3 Å². The van der Waals surface area contributed by atoms with Crippen LogP contribution in [0, 0.1) is 13.8 Å². The quantitative estimate of drug-likeness (QED) is 0.406. The van der Waals surface area contributed by atoms with Gasteiger partial charge in [-0.3, -0.25) is 14.9 Å². The first-order chi connectivity index (χ1) is 16.5. The molecular weight excluding hydrogens is 448 g/mol. The van der Waals surface area contributed by atoms with Crippen molar-refractivity contribution in [2.75, 3.05) is 5.32 Å². The van der Waals surface area contributed by atoms with Crippen LogP contribution in [0.4, 0.5) is 5.95 Å². The Bertz CT molecular complexity index is 1570. The monoisotopic (exact) mass is 470 g/mol. The number of nitrogens with zero attached hydrogens (tertiary/aromatic N) is 5. The van der Waals surface area contributed by atoms with E-state index in [0.717, 1.165) is 21.7 Å². The van der Waals surface area contributed by atoms with Crippen molar-refractivity contribution < 1.29 is 4.79 Å². The third-order valence-corrected chi connectivity index (χ3v) is 6.71. The minimum absolute atomic E-state index is 0.00737. The van der Waals surface area contributed by atoms with Gasteiger partial charge in [0.05, 0.1) is 11.4 Å². The molecule has 34 heavy (non-hydrogen) atoms. The third kappa shape index (κ3) is 3.69. The van der Waals surface area contributed by atoms with Crippen molar-refractivity contribution in [2.45, 2.75) is 27.3 Å². The van der Waals surface area contributed by atoms with E-state index in [1.807, 2.05) is 81.4 Å². The lowest BCUT2D eigenvalue weighted by molar-refractivity contribution is 0.102. The summed E-state index contributed by atoms with van der Waals surface area (Å²) in [6.45, 7) is 6.09. The molecule has 9 heteroatoms. The predicted molar refractivity (Wildman–Crippen MR) is 133 cm³/mol. The maximum absolute atomic E-state index is 13.6. The molecular formula is C25H22N6O2S. The first-order valence-corrected chi connectivity index (χ1v) is 11.7. The summed E-state index contributed by atoms with van der Waals surface area (Å²) in [5, 5.41) is 11.8. The number of hydrogen-bond donors (Lipinski definition) is 1. The molecule has 5 aromatic rings. The van der Waals surface area contributed by atoms with Crippen LogP contribution >= 0.6 is 11.3 Å². The summed E-state index contributed by atoms with van der Waals surface area (Å²) in [7, 11) is 0. The Morgan fingerprint density at radius 1 is 0.971 bits per heavy atom. The van der Waals surface area contributed by atoms with Crippen LogP contribution in [0.25, 0.3) is 27.3 Å². The van der Waals surface area contributed by atoms with Crippen molar-refractivity contribution in [3.63, 3.8) is 0 Å². The van der Waals surface area contributed by atoms with Crippen molar-refractivity contribution >= 4 is 28.2 Å². The lowest BCUT2D eigenvalue weighted by Gasteiger charge is -2.16. The summed E-state index contributed by atoms with van der Waals surface area (Å²) in [6, 6.07) is 18.9. The van der Waals surface area contributed by atoms with Gasteiger partial charge in [0.25, 0.3) is 17.4 Å². The number of fused-ring (bicyclic) bond motifs is 1. The number of benzene rings is 2. The molecule has 8 nitrogen and oxygen atoms in total. The van der Waals surface area contributed by atoms with E-state index in [-0.39, 0.29) is 11.5 Å². The van der Waals surface area contributed by atoms with Gasteiger partial charge in [-0.2, -0.15) is 10.1 Å². The molecule has 5 rings (SSSR count). The Hall–Kier alpha value is -4.11. The van der Waals surface area contributed by atoms with Gasteiger partial charge >= 0.3 is 0 Å². The largest absolute Gasteiger partial charge is 0.289 e. The number of carbonyl (C=O) groups is 1. The second kappa shape index (κ2) is 8.68. The molecule has 3 heterocycles. The molecule has 0 atom stereocenters. The molecule has 3 aromatic heterocycles. The Morgan fingerprint density at radius 2 is 1.62 bits per heavy atom. The minimum Gasteiger partial charge on any atom is -0.289 e. The number of hydrogen-bond acceptors (Lipinski definition) is 6. The van der Waals surface area contributed by atoms with Crippen molar-refractivity contribution in [1.29, 1.82) is 0 Å². The van der Waals surface area contributed by atoms with Crippen molar-refractivity contribution in [3.8, 4) is 22.4 Å². The zero-order valence-electron chi connectivity index (χ0n) is 18.9. The van der Waals surface area contributed by atoms with E-state index in [4.69, 9.17) is 0 Å². The van der Waals surface area contributed by atoms with Gasteiger partial charge in [0, 0.05) is 22.5 Å². The molecule has 0 saturated heterocycles. The van der Waals surface area contributed by atoms with Crippen LogP contribution < -0.4 is 10.9 Å². The minimum atomic E-state index is -0.571. The van der Waals surface area contributed by atoms with Crippen LogP contribution in [0.2, 0.25) is 0 Å². The van der Waals surface area contributed by atoms with E-state index in [0.29, 0.717) is 22.8 Å². The summed E-state index contributed by atoms with van der Waals surface area (Å²) in [5.41, 5.74) is 3.07. The van der Waals surface area contributed by atoms with E-state index in [2.05, 4.69) is 20.5 Å². The second-order valence-corrected chi connectivity index (χ2v) is 8.96. The molecule has 0 aliphatic heterocycles. The van der Waals surface area contributed by atoms with E-state index in [9.17, 15) is 9.59 Å². The first-order valence-electron chi connectivity index (χ1n) is 10.9. The number of aromatic nitrogens is 5. The van der Waals surface area contributed by atoms with Crippen molar-refractivity contribution in [1.82, 2.24) is 24.4 Å². The molecule has 0 radical (unpaired) electrons. The lowest BCUT2D eigenvalue weighted by Crippen LogP contribution is -2.32. The highest BCUT2D eigenvalue weighted by atomic mass is 32.1. The lowest BCUT2D eigenvalue weighted by atomic mass is 9.95. The number of nitrogens with one attached hydrogen (secondary N) is 1.